The smallest absolute Gasteiger partial charge is 0.253 e. The fraction of sp³-hybridized carbons (Fsp3) is 0.600. The van der Waals surface area contributed by atoms with Crippen LogP contribution in [0.15, 0.2) is 24.3 Å². The van der Waals surface area contributed by atoms with Crippen LogP contribution in [0.1, 0.15) is 55.8 Å². The van der Waals surface area contributed by atoms with Crippen molar-refractivity contribution in [2.75, 3.05) is 19.6 Å². The molecule has 0 radical (unpaired) electrons. The summed E-state index contributed by atoms with van der Waals surface area (Å²) >= 11 is 0. The Morgan fingerprint density at radius 1 is 1.08 bits per heavy atom. The van der Waals surface area contributed by atoms with Gasteiger partial charge in [-0.25, -0.2) is 4.39 Å². The van der Waals surface area contributed by atoms with Gasteiger partial charge in [0, 0.05) is 31.2 Å². The number of hydrogen-bond acceptors (Lipinski definition) is 2. The molecule has 25 heavy (non-hydrogen) atoms. The highest BCUT2D eigenvalue weighted by Gasteiger charge is 2.34. The lowest BCUT2D eigenvalue weighted by atomic mass is 9.92. The first kappa shape index (κ1) is 17.9. The van der Waals surface area contributed by atoms with E-state index in [9.17, 15) is 14.0 Å². The van der Waals surface area contributed by atoms with Crippen molar-refractivity contribution >= 4 is 11.8 Å². The van der Waals surface area contributed by atoms with E-state index in [1.807, 2.05) is 0 Å². The Morgan fingerprint density at radius 2 is 1.84 bits per heavy atom. The normalized spacial score (nSPS) is 24.2. The van der Waals surface area contributed by atoms with Crippen molar-refractivity contribution < 1.29 is 14.0 Å². The van der Waals surface area contributed by atoms with Gasteiger partial charge in [-0.05, 0) is 62.8 Å². The summed E-state index contributed by atoms with van der Waals surface area (Å²) in [6.07, 6.45) is 6.05. The molecule has 0 aliphatic carbocycles. The number of carbonyl (C=O) groups is 2. The van der Waals surface area contributed by atoms with Gasteiger partial charge in [-0.15, -0.1) is 0 Å². The number of amides is 2. The van der Waals surface area contributed by atoms with Gasteiger partial charge < -0.3 is 9.80 Å². The molecule has 0 spiro atoms. The van der Waals surface area contributed by atoms with Crippen molar-refractivity contribution in [1.82, 2.24) is 9.80 Å². The Balaban J connectivity index is 1.67. The molecule has 136 valence electrons. The van der Waals surface area contributed by atoms with E-state index in [0.717, 1.165) is 38.6 Å². The van der Waals surface area contributed by atoms with Crippen LogP contribution in [0.2, 0.25) is 0 Å². The Bertz CT molecular complexity index is 617. The summed E-state index contributed by atoms with van der Waals surface area (Å²) in [7, 11) is 0. The van der Waals surface area contributed by atoms with E-state index in [1.165, 1.54) is 30.7 Å². The van der Waals surface area contributed by atoms with Gasteiger partial charge in [0.15, 0.2) is 0 Å². The minimum absolute atomic E-state index is 0.106. The number of piperidine rings is 2. The lowest BCUT2D eigenvalue weighted by Gasteiger charge is -2.40. The maximum Gasteiger partial charge on any atom is 0.253 e. The third-order valence-electron chi connectivity index (χ3n) is 5.53. The molecule has 2 aliphatic heterocycles. The number of halogens is 1. The summed E-state index contributed by atoms with van der Waals surface area (Å²) in [5.41, 5.74) is 0.485. The largest absolute Gasteiger partial charge is 0.339 e. The van der Waals surface area contributed by atoms with Gasteiger partial charge in [0.25, 0.3) is 5.91 Å². The summed E-state index contributed by atoms with van der Waals surface area (Å²) in [5.74, 6) is -0.351. The van der Waals surface area contributed by atoms with Gasteiger partial charge in [0.05, 0.1) is 5.92 Å². The first-order valence-corrected chi connectivity index (χ1v) is 9.45. The fourth-order valence-corrected chi connectivity index (χ4v) is 4.09. The predicted molar refractivity (Wildman–Crippen MR) is 94.7 cm³/mol. The van der Waals surface area contributed by atoms with Crippen molar-refractivity contribution in [3.63, 3.8) is 0 Å². The minimum Gasteiger partial charge on any atom is -0.339 e. The zero-order valence-electron chi connectivity index (χ0n) is 14.9. The standard InChI is InChI=1S/C20H27FN2O2/c1-2-18-7-3-4-13-23(18)20(25)16-6-5-12-22(14-16)19(24)15-8-10-17(21)11-9-15/h8-11,16,18H,2-7,12-14H2,1H3. The highest BCUT2D eigenvalue weighted by Crippen LogP contribution is 2.26. The average molecular weight is 346 g/mol. The third-order valence-corrected chi connectivity index (χ3v) is 5.53. The lowest BCUT2D eigenvalue weighted by molar-refractivity contribution is -0.140. The topological polar surface area (TPSA) is 40.6 Å². The molecule has 3 rings (SSSR count). The number of benzene rings is 1. The highest BCUT2D eigenvalue weighted by atomic mass is 19.1. The van der Waals surface area contributed by atoms with Gasteiger partial charge in [-0.2, -0.15) is 0 Å². The molecular formula is C20H27FN2O2. The summed E-state index contributed by atoms with van der Waals surface area (Å²) < 4.78 is 13.1. The first-order valence-electron chi connectivity index (χ1n) is 9.45. The van der Waals surface area contributed by atoms with Crippen LogP contribution in [-0.4, -0.2) is 47.3 Å². The molecule has 2 unspecified atom stereocenters. The zero-order valence-corrected chi connectivity index (χ0v) is 14.9. The molecule has 0 N–H and O–H groups in total. The Morgan fingerprint density at radius 3 is 2.56 bits per heavy atom. The van der Waals surface area contributed by atoms with Crippen LogP contribution in [0.25, 0.3) is 0 Å². The quantitative estimate of drug-likeness (QED) is 0.841. The van der Waals surface area contributed by atoms with Crippen LogP contribution < -0.4 is 0 Å². The summed E-state index contributed by atoms with van der Waals surface area (Å²) in [6, 6.07) is 5.99. The summed E-state index contributed by atoms with van der Waals surface area (Å²) in [5, 5.41) is 0. The Kier molecular flexibility index (Phi) is 5.71. The molecular weight excluding hydrogens is 319 g/mol. The average Bonchev–Trinajstić information content (AvgIpc) is 2.67. The summed E-state index contributed by atoms with van der Waals surface area (Å²) in [4.78, 5) is 29.5. The van der Waals surface area contributed by atoms with Gasteiger partial charge >= 0.3 is 0 Å². The number of nitrogens with zero attached hydrogens (tertiary/aromatic N) is 2. The predicted octanol–water partition coefficient (Wildman–Crippen LogP) is 3.47. The molecule has 0 saturated carbocycles. The van der Waals surface area contributed by atoms with Crippen LogP contribution in [0.5, 0.6) is 0 Å². The maximum absolute atomic E-state index is 13.1. The third kappa shape index (κ3) is 4.02. The zero-order chi connectivity index (χ0) is 17.8. The minimum atomic E-state index is -0.348. The number of rotatable bonds is 3. The Labute approximate surface area is 149 Å². The van der Waals surface area contributed by atoms with E-state index < -0.39 is 0 Å². The van der Waals surface area contributed by atoms with Gasteiger partial charge in [-0.1, -0.05) is 6.92 Å². The summed E-state index contributed by atoms with van der Waals surface area (Å²) in [6.45, 7) is 4.13. The molecule has 2 aliphatic rings. The van der Waals surface area contributed by atoms with Gasteiger partial charge in [-0.3, -0.25) is 9.59 Å². The van der Waals surface area contributed by atoms with E-state index in [2.05, 4.69) is 11.8 Å². The molecule has 2 fully saturated rings. The molecule has 0 bridgehead atoms. The van der Waals surface area contributed by atoms with Crippen molar-refractivity contribution in [1.29, 1.82) is 0 Å². The maximum atomic E-state index is 13.1. The second-order valence-corrected chi connectivity index (χ2v) is 7.19. The van der Waals surface area contributed by atoms with E-state index in [4.69, 9.17) is 0 Å². The molecule has 2 amide bonds. The molecule has 4 nitrogen and oxygen atoms in total. The second-order valence-electron chi connectivity index (χ2n) is 7.19. The van der Waals surface area contributed by atoms with Crippen molar-refractivity contribution in [3.05, 3.63) is 35.6 Å². The van der Waals surface area contributed by atoms with Crippen LogP contribution in [0, 0.1) is 11.7 Å². The van der Waals surface area contributed by atoms with Crippen molar-refractivity contribution in [2.45, 2.75) is 51.5 Å². The fourth-order valence-electron chi connectivity index (χ4n) is 4.09. The van der Waals surface area contributed by atoms with E-state index in [0.29, 0.717) is 24.7 Å². The highest BCUT2D eigenvalue weighted by molar-refractivity contribution is 5.94. The van der Waals surface area contributed by atoms with Crippen LogP contribution in [0.4, 0.5) is 4.39 Å². The van der Waals surface area contributed by atoms with Gasteiger partial charge in [0.1, 0.15) is 5.82 Å². The monoisotopic (exact) mass is 346 g/mol. The molecule has 2 atom stereocenters. The molecule has 2 heterocycles. The molecule has 0 aromatic heterocycles. The second kappa shape index (κ2) is 7.98. The van der Waals surface area contributed by atoms with E-state index >= 15 is 0 Å². The molecule has 5 heteroatoms. The molecule has 1 aromatic rings. The van der Waals surface area contributed by atoms with Crippen LogP contribution >= 0.6 is 0 Å². The number of hydrogen-bond donors (Lipinski definition) is 0. The van der Waals surface area contributed by atoms with Crippen LogP contribution in [-0.2, 0) is 4.79 Å². The van der Waals surface area contributed by atoms with E-state index in [-0.39, 0.29) is 23.5 Å². The lowest BCUT2D eigenvalue weighted by Crippen LogP contribution is -2.51. The van der Waals surface area contributed by atoms with Crippen molar-refractivity contribution in [2.24, 2.45) is 5.92 Å². The number of likely N-dealkylation sites (tertiary alicyclic amines) is 2. The van der Waals surface area contributed by atoms with Gasteiger partial charge in [0.2, 0.25) is 5.91 Å². The molecule has 2 saturated heterocycles. The molecule has 1 aromatic carbocycles. The Hall–Kier alpha value is -1.91. The van der Waals surface area contributed by atoms with Crippen molar-refractivity contribution in [3.8, 4) is 0 Å². The number of carbonyl (C=O) groups excluding carboxylic acids is 2. The SMILES string of the molecule is CCC1CCCCN1C(=O)C1CCCN(C(=O)c2ccc(F)cc2)C1. The van der Waals surface area contributed by atoms with Crippen LogP contribution in [0.3, 0.4) is 0 Å². The van der Waals surface area contributed by atoms with E-state index in [1.54, 1.807) is 4.90 Å². The first-order chi connectivity index (χ1) is 12.1.